The smallest absolute Gasteiger partial charge is 0.343 e. The molecule has 2 aromatic rings. The number of benzene rings is 2. The van der Waals surface area contributed by atoms with Crippen LogP contribution < -0.4 is 4.74 Å². The third-order valence-electron chi connectivity index (χ3n) is 2.35. The number of esters is 1. The topological polar surface area (TPSA) is 26.3 Å². The molecular formula is C14H10Br2O2. The molecule has 2 nitrogen and oxygen atoms in total. The van der Waals surface area contributed by atoms with Crippen LogP contribution in [0, 0.1) is 6.92 Å². The number of hydrogen-bond donors (Lipinski definition) is 0. The lowest BCUT2D eigenvalue weighted by atomic mass is 10.2. The monoisotopic (exact) mass is 368 g/mol. The molecule has 0 bridgehead atoms. The van der Waals surface area contributed by atoms with Crippen LogP contribution in [0.5, 0.6) is 5.75 Å². The van der Waals surface area contributed by atoms with Crippen LogP contribution in [0.15, 0.2) is 51.4 Å². The second-order valence-electron chi connectivity index (χ2n) is 3.83. The molecule has 0 unspecified atom stereocenters. The van der Waals surface area contributed by atoms with E-state index in [0.29, 0.717) is 11.3 Å². The van der Waals surface area contributed by atoms with Gasteiger partial charge in [0.15, 0.2) is 0 Å². The molecule has 0 aliphatic carbocycles. The SMILES string of the molecule is Cc1ccc(OC(=O)c2cccc(Br)c2)c(Br)c1. The highest BCUT2D eigenvalue weighted by atomic mass is 79.9. The van der Waals surface area contributed by atoms with Crippen molar-refractivity contribution < 1.29 is 9.53 Å². The van der Waals surface area contributed by atoms with E-state index in [4.69, 9.17) is 4.74 Å². The van der Waals surface area contributed by atoms with E-state index in [2.05, 4.69) is 31.9 Å². The van der Waals surface area contributed by atoms with E-state index in [1.54, 1.807) is 24.3 Å². The molecule has 0 fully saturated rings. The van der Waals surface area contributed by atoms with Crippen LogP contribution in [-0.4, -0.2) is 5.97 Å². The number of aryl methyl sites for hydroxylation is 1. The van der Waals surface area contributed by atoms with Crippen molar-refractivity contribution >= 4 is 37.8 Å². The first-order valence-electron chi connectivity index (χ1n) is 5.30. The summed E-state index contributed by atoms with van der Waals surface area (Å²) >= 11 is 6.70. The van der Waals surface area contributed by atoms with Crippen molar-refractivity contribution in [3.05, 3.63) is 62.5 Å². The molecule has 0 radical (unpaired) electrons. The van der Waals surface area contributed by atoms with Gasteiger partial charge in [0, 0.05) is 4.47 Å². The summed E-state index contributed by atoms with van der Waals surface area (Å²) in [7, 11) is 0. The van der Waals surface area contributed by atoms with Crippen LogP contribution in [0.3, 0.4) is 0 Å². The van der Waals surface area contributed by atoms with Crippen molar-refractivity contribution in [2.45, 2.75) is 6.92 Å². The van der Waals surface area contributed by atoms with Gasteiger partial charge in [-0.05, 0) is 58.7 Å². The summed E-state index contributed by atoms with van der Waals surface area (Å²) in [6, 6.07) is 12.7. The highest BCUT2D eigenvalue weighted by molar-refractivity contribution is 9.10. The lowest BCUT2D eigenvalue weighted by Crippen LogP contribution is -2.08. The van der Waals surface area contributed by atoms with Gasteiger partial charge in [0.2, 0.25) is 0 Å². The molecule has 0 aliphatic rings. The zero-order valence-corrected chi connectivity index (χ0v) is 12.8. The molecule has 18 heavy (non-hydrogen) atoms. The maximum Gasteiger partial charge on any atom is 0.343 e. The van der Waals surface area contributed by atoms with Crippen LogP contribution in [0.1, 0.15) is 15.9 Å². The molecule has 0 aliphatic heterocycles. The summed E-state index contributed by atoms with van der Waals surface area (Å²) in [4.78, 5) is 11.9. The standard InChI is InChI=1S/C14H10Br2O2/c1-9-5-6-13(12(16)7-9)18-14(17)10-3-2-4-11(15)8-10/h2-8H,1H3. The van der Waals surface area contributed by atoms with Gasteiger partial charge in [-0.1, -0.05) is 28.1 Å². The summed E-state index contributed by atoms with van der Waals surface area (Å²) < 4.78 is 6.95. The Hall–Kier alpha value is -1.13. The fraction of sp³-hybridized carbons (Fsp3) is 0.0714. The predicted molar refractivity (Wildman–Crippen MR) is 78.0 cm³/mol. The Morgan fingerprint density at radius 2 is 1.89 bits per heavy atom. The van der Waals surface area contributed by atoms with Gasteiger partial charge in [-0.2, -0.15) is 0 Å². The molecule has 0 amide bonds. The van der Waals surface area contributed by atoms with Crippen LogP contribution in [0.25, 0.3) is 0 Å². The fourth-order valence-corrected chi connectivity index (χ4v) is 2.44. The first kappa shape index (κ1) is 13.3. The number of carbonyl (C=O) groups is 1. The van der Waals surface area contributed by atoms with Gasteiger partial charge in [-0.3, -0.25) is 0 Å². The Kier molecular flexibility index (Phi) is 4.19. The van der Waals surface area contributed by atoms with E-state index in [1.165, 1.54) is 0 Å². The van der Waals surface area contributed by atoms with Gasteiger partial charge in [0.05, 0.1) is 10.0 Å². The van der Waals surface area contributed by atoms with E-state index < -0.39 is 0 Å². The Morgan fingerprint density at radius 1 is 1.11 bits per heavy atom. The zero-order chi connectivity index (χ0) is 13.1. The van der Waals surface area contributed by atoms with E-state index in [-0.39, 0.29) is 5.97 Å². The molecule has 0 saturated heterocycles. The van der Waals surface area contributed by atoms with Crippen molar-refractivity contribution in [3.63, 3.8) is 0 Å². The summed E-state index contributed by atoms with van der Waals surface area (Å²) in [5, 5.41) is 0. The van der Waals surface area contributed by atoms with Gasteiger partial charge < -0.3 is 4.74 Å². The number of ether oxygens (including phenoxy) is 1. The lowest BCUT2D eigenvalue weighted by molar-refractivity contribution is 0.0733. The van der Waals surface area contributed by atoms with Gasteiger partial charge in [0.1, 0.15) is 5.75 Å². The molecule has 0 saturated carbocycles. The first-order valence-corrected chi connectivity index (χ1v) is 6.89. The molecule has 4 heteroatoms. The second kappa shape index (κ2) is 5.67. The normalized spacial score (nSPS) is 10.2. The van der Waals surface area contributed by atoms with Gasteiger partial charge in [-0.25, -0.2) is 4.79 Å². The van der Waals surface area contributed by atoms with Crippen molar-refractivity contribution in [2.75, 3.05) is 0 Å². The predicted octanol–water partition coefficient (Wildman–Crippen LogP) is 4.74. The van der Waals surface area contributed by atoms with Gasteiger partial charge in [-0.15, -0.1) is 0 Å². The number of rotatable bonds is 2. The average molecular weight is 370 g/mol. The Labute approximate surface area is 122 Å². The molecule has 0 aromatic heterocycles. The third-order valence-corrected chi connectivity index (χ3v) is 3.46. The van der Waals surface area contributed by atoms with E-state index in [1.807, 2.05) is 25.1 Å². The van der Waals surface area contributed by atoms with Crippen LogP contribution in [0.4, 0.5) is 0 Å². The van der Waals surface area contributed by atoms with Crippen molar-refractivity contribution in [3.8, 4) is 5.75 Å². The number of carbonyl (C=O) groups excluding carboxylic acids is 1. The summed E-state index contributed by atoms with van der Waals surface area (Å²) in [6.07, 6.45) is 0. The number of hydrogen-bond acceptors (Lipinski definition) is 2. The van der Waals surface area contributed by atoms with Crippen molar-refractivity contribution in [2.24, 2.45) is 0 Å². The first-order chi connectivity index (χ1) is 8.56. The fourth-order valence-electron chi connectivity index (χ4n) is 1.46. The van der Waals surface area contributed by atoms with Crippen molar-refractivity contribution in [1.82, 2.24) is 0 Å². The number of halogens is 2. The highest BCUT2D eigenvalue weighted by Crippen LogP contribution is 2.26. The average Bonchev–Trinajstić information content (AvgIpc) is 2.32. The summed E-state index contributed by atoms with van der Waals surface area (Å²) in [5.41, 5.74) is 1.61. The third kappa shape index (κ3) is 3.21. The molecule has 0 heterocycles. The zero-order valence-electron chi connectivity index (χ0n) is 9.61. The van der Waals surface area contributed by atoms with Gasteiger partial charge >= 0.3 is 5.97 Å². The summed E-state index contributed by atoms with van der Waals surface area (Å²) in [5.74, 6) is 0.145. The molecular weight excluding hydrogens is 360 g/mol. The molecule has 2 rings (SSSR count). The van der Waals surface area contributed by atoms with Gasteiger partial charge in [0.25, 0.3) is 0 Å². The Bertz CT molecular complexity index is 594. The van der Waals surface area contributed by atoms with Crippen LogP contribution >= 0.6 is 31.9 Å². The maximum atomic E-state index is 11.9. The minimum atomic E-state index is -0.374. The molecule has 0 N–H and O–H groups in total. The van der Waals surface area contributed by atoms with E-state index in [0.717, 1.165) is 14.5 Å². The quantitative estimate of drug-likeness (QED) is 0.564. The van der Waals surface area contributed by atoms with Crippen LogP contribution in [-0.2, 0) is 0 Å². The second-order valence-corrected chi connectivity index (χ2v) is 5.60. The lowest BCUT2D eigenvalue weighted by Gasteiger charge is -2.07. The Morgan fingerprint density at radius 3 is 2.56 bits per heavy atom. The Balaban J connectivity index is 2.21. The highest BCUT2D eigenvalue weighted by Gasteiger charge is 2.11. The molecule has 0 spiro atoms. The molecule has 0 atom stereocenters. The minimum Gasteiger partial charge on any atom is -0.422 e. The molecule has 92 valence electrons. The molecule has 2 aromatic carbocycles. The van der Waals surface area contributed by atoms with Crippen molar-refractivity contribution in [1.29, 1.82) is 0 Å². The minimum absolute atomic E-state index is 0.374. The summed E-state index contributed by atoms with van der Waals surface area (Å²) in [6.45, 7) is 1.98. The van der Waals surface area contributed by atoms with E-state index >= 15 is 0 Å². The maximum absolute atomic E-state index is 11.9. The van der Waals surface area contributed by atoms with E-state index in [9.17, 15) is 4.79 Å². The van der Waals surface area contributed by atoms with Crippen LogP contribution in [0.2, 0.25) is 0 Å². The largest absolute Gasteiger partial charge is 0.422 e.